The van der Waals surface area contributed by atoms with Crippen molar-refractivity contribution in [2.75, 3.05) is 11.5 Å². The molecule has 2 rings (SSSR count). The Morgan fingerprint density at radius 3 is 2.79 bits per heavy atom. The number of carbonyl (C=O) groups excluding carboxylic acids is 1. The number of Topliss-reactive ketones (excluding diaryl/α,β-unsaturated/α-hetero) is 1. The minimum atomic E-state index is 0.131. The van der Waals surface area contributed by atoms with Crippen LogP contribution in [0.3, 0.4) is 0 Å². The number of ketones is 1. The van der Waals surface area contributed by atoms with Crippen molar-refractivity contribution in [2.45, 2.75) is 44.2 Å². The summed E-state index contributed by atoms with van der Waals surface area (Å²) in [6, 6.07) is 0. The third kappa shape index (κ3) is 3.39. The van der Waals surface area contributed by atoms with E-state index in [9.17, 15) is 4.79 Å². The third-order valence-corrected chi connectivity index (χ3v) is 7.47. The van der Waals surface area contributed by atoms with E-state index >= 15 is 0 Å². The van der Waals surface area contributed by atoms with Gasteiger partial charge in [0.25, 0.3) is 0 Å². The van der Waals surface area contributed by atoms with E-state index in [0.717, 1.165) is 33.9 Å². The number of aromatic nitrogens is 2. The normalized spacial score (nSPS) is 23.6. The van der Waals surface area contributed by atoms with E-state index in [2.05, 4.69) is 34.9 Å². The van der Waals surface area contributed by atoms with Gasteiger partial charge in [0.15, 0.2) is 5.78 Å². The second-order valence-corrected chi connectivity index (χ2v) is 8.20. The van der Waals surface area contributed by atoms with Gasteiger partial charge in [0, 0.05) is 23.3 Å². The van der Waals surface area contributed by atoms with Gasteiger partial charge in [0.1, 0.15) is 0 Å². The molecule has 0 saturated carbocycles. The number of aryl methyl sites for hydroxylation is 2. The number of hydrogen-bond donors (Lipinski definition) is 0. The first-order valence-corrected chi connectivity index (χ1v) is 9.41. The van der Waals surface area contributed by atoms with Gasteiger partial charge in [-0.25, -0.2) is 0 Å². The van der Waals surface area contributed by atoms with E-state index in [0.29, 0.717) is 17.5 Å². The second kappa shape index (κ2) is 6.68. The molecule has 0 radical (unpaired) electrons. The van der Waals surface area contributed by atoms with Crippen LogP contribution < -0.4 is 0 Å². The van der Waals surface area contributed by atoms with Crippen LogP contribution in [0.25, 0.3) is 0 Å². The molecule has 1 aliphatic heterocycles. The van der Waals surface area contributed by atoms with Crippen LogP contribution in [0.4, 0.5) is 0 Å². The minimum absolute atomic E-state index is 0.131. The Bertz CT molecular complexity index is 475. The van der Waals surface area contributed by atoms with E-state index in [1.807, 2.05) is 35.1 Å². The molecule has 0 N–H and O–H groups in total. The van der Waals surface area contributed by atoms with Crippen LogP contribution in [0.5, 0.6) is 0 Å². The highest BCUT2D eigenvalue weighted by molar-refractivity contribution is 9.10. The average Bonchev–Trinajstić information content (AvgIpc) is 2.67. The fourth-order valence-electron chi connectivity index (χ4n) is 2.29. The topological polar surface area (TPSA) is 34.9 Å². The molecule has 0 aromatic carbocycles. The maximum Gasteiger partial charge on any atom is 0.152 e. The monoisotopic (exact) mass is 362 g/mol. The van der Waals surface area contributed by atoms with Crippen molar-refractivity contribution >= 4 is 45.2 Å². The third-order valence-electron chi connectivity index (χ3n) is 3.30. The molecule has 1 aliphatic rings. The molecule has 1 aromatic heterocycles. The molecule has 1 fully saturated rings. The van der Waals surface area contributed by atoms with Crippen molar-refractivity contribution in [2.24, 2.45) is 0 Å². The van der Waals surface area contributed by atoms with Gasteiger partial charge < -0.3 is 0 Å². The summed E-state index contributed by atoms with van der Waals surface area (Å²) in [5.74, 6) is 2.57. The standard InChI is InChI=1S/C13H19BrN2OS2/c1-4-16-10(12(14)8(2)15-16)7-11(17)13-9(3)18-5-6-19-13/h9,13H,4-7H2,1-3H3. The number of halogens is 1. The Hall–Kier alpha value is 0.0600. The summed E-state index contributed by atoms with van der Waals surface area (Å²) in [6.45, 7) is 6.99. The molecule has 0 amide bonds. The largest absolute Gasteiger partial charge is 0.298 e. The van der Waals surface area contributed by atoms with Gasteiger partial charge in [-0.3, -0.25) is 9.48 Å². The lowest BCUT2D eigenvalue weighted by Gasteiger charge is -2.26. The van der Waals surface area contributed by atoms with E-state index in [-0.39, 0.29) is 5.25 Å². The first kappa shape index (κ1) is 15.4. The Morgan fingerprint density at radius 1 is 1.47 bits per heavy atom. The molecule has 6 heteroatoms. The molecule has 1 saturated heterocycles. The number of carbonyl (C=O) groups is 1. The van der Waals surface area contributed by atoms with Gasteiger partial charge >= 0.3 is 0 Å². The predicted molar refractivity (Wildman–Crippen MR) is 87.2 cm³/mol. The lowest BCUT2D eigenvalue weighted by Crippen LogP contribution is -2.32. The fourth-order valence-corrected chi connectivity index (χ4v) is 5.45. The average molecular weight is 363 g/mol. The first-order valence-electron chi connectivity index (χ1n) is 6.52. The lowest BCUT2D eigenvalue weighted by molar-refractivity contribution is -0.118. The molecular formula is C13H19BrN2OS2. The maximum atomic E-state index is 12.5. The van der Waals surface area contributed by atoms with Crippen LogP contribution in [-0.2, 0) is 17.8 Å². The summed E-state index contributed by atoms with van der Waals surface area (Å²) in [6.07, 6.45) is 0.484. The number of thioether (sulfide) groups is 2. The molecule has 0 bridgehead atoms. The van der Waals surface area contributed by atoms with Gasteiger partial charge in [-0.05, 0) is 29.8 Å². The second-order valence-electron chi connectivity index (χ2n) is 4.67. The molecular weight excluding hydrogens is 344 g/mol. The molecule has 1 aromatic rings. The lowest BCUT2D eigenvalue weighted by atomic mass is 10.1. The Kier molecular flexibility index (Phi) is 5.43. The highest BCUT2D eigenvalue weighted by atomic mass is 79.9. The van der Waals surface area contributed by atoms with Crippen molar-refractivity contribution in [3.05, 3.63) is 15.9 Å². The number of rotatable bonds is 4. The summed E-state index contributed by atoms with van der Waals surface area (Å²) in [4.78, 5) is 12.5. The van der Waals surface area contributed by atoms with Gasteiger partial charge in [-0.2, -0.15) is 16.9 Å². The SMILES string of the molecule is CCn1nc(C)c(Br)c1CC(=O)C1SCCSC1C. The van der Waals surface area contributed by atoms with Gasteiger partial charge in [-0.1, -0.05) is 6.92 Å². The molecule has 106 valence electrons. The zero-order chi connectivity index (χ0) is 14.0. The Labute approximate surface area is 131 Å². The molecule has 3 nitrogen and oxygen atoms in total. The van der Waals surface area contributed by atoms with E-state index in [4.69, 9.17) is 0 Å². The van der Waals surface area contributed by atoms with Crippen LogP contribution >= 0.6 is 39.5 Å². The quantitative estimate of drug-likeness (QED) is 0.822. The van der Waals surface area contributed by atoms with Gasteiger partial charge in [0.05, 0.1) is 27.5 Å². The van der Waals surface area contributed by atoms with Crippen LogP contribution in [0.15, 0.2) is 4.47 Å². The van der Waals surface area contributed by atoms with Gasteiger partial charge in [0.2, 0.25) is 0 Å². The predicted octanol–water partition coefficient (Wildman–Crippen LogP) is 3.32. The van der Waals surface area contributed by atoms with Crippen molar-refractivity contribution < 1.29 is 4.79 Å². The molecule has 0 aliphatic carbocycles. The summed E-state index contributed by atoms with van der Waals surface area (Å²) >= 11 is 7.28. The number of nitrogens with zero attached hydrogens (tertiary/aromatic N) is 2. The summed E-state index contributed by atoms with van der Waals surface area (Å²) in [5, 5.41) is 5.00. The smallest absolute Gasteiger partial charge is 0.152 e. The highest BCUT2D eigenvalue weighted by Crippen LogP contribution is 2.33. The summed E-state index contributed by atoms with van der Waals surface area (Å²) in [5.41, 5.74) is 1.98. The van der Waals surface area contributed by atoms with Crippen LogP contribution in [-0.4, -0.2) is 37.6 Å². The van der Waals surface area contributed by atoms with Gasteiger partial charge in [-0.15, -0.1) is 11.8 Å². The van der Waals surface area contributed by atoms with Crippen molar-refractivity contribution in [3.8, 4) is 0 Å². The van der Waals surface area contributed by atoms with E-state index < -0.39 is 0 Å². The molecule has 2 unspecified atom stereocenters. The highest BCUT2D eigenvalue weighted by Gasteiger charge is 2.30. The van der Waals surface area contributed by atoms with Crippen LogP contribution in [0.1, 0.15) is 25.2 Å². The van der Waals surface area contributed by atoms with Crippen LogP contribution in [0.2, 0.25) is 0 Å². The maximum absolute atomic E-state index is 12.5. The zero-order valence-electron chi connectivity index (χ0n) is 11.5. The van der Waals surface area contributed by atoms with Crippen molar-refractivity contribution in [1.29, 1.82) is 0 Å². The fraction of sp³-hybridized carbons (Fsp3) is 0.692. The van der Waals surface area contributed by atoms with Crippen molar-refractivity contribution in [3.63, 3.8) is 0 Å². The molecule has 2 atom stereocenters. The molecule has 19 heavy (non-hydrogen) atoms. The van der Waals surface area contributed by atoms with Crippen molar-refractivity contribution in [1.82, 2.24) is 9.78 Å². The summed E-state index contributed by atoms with van der Waals surface area (Å²) in [7, 11) is 0. The molecule has 2 heterocycles. The first-order chi connectivity index (χ1) is 9.04. The minimum Gasteiger partial charge on any atom is -0.298 e. The summed E-state index contributed by atoms with van der Waals surface area (Å²) < 4.78 is 2.92. The van der Waals surface area contributed by atoms with E-state index in [1.54, 1.807) is 0 Å². The Balaban J connectivity index is 2.14. The Morgan fingerprint density at radius 2 is 2.16 bits per heavy atom. The zero-order valence-corrected chi connectivity index (χ0v) is 14.7. The van der Waals surface area contributed by atoms with E-state index in [1.165, 1.54) is 0 Å². The molecule has 0 spiro atoms. The van der Waals surface area contributed by atoms with Crippen LogP contribution in [0, 0.1) is 6.92 Å². The number of hydrogen-bond acceptors (Lipinski definition) is 4.